The first-order chi connectivity index (χ1) is 23.1. The van der Waals surface area contributed by atoms with E-state index < -0.39 is 0 Å². The summed E-state index contributed by atoms with van der Waals surface area (Å²) in [5.74, 6) is 0.855. The summed E-state index contributed by atoms with van der Waals surface area (Å²) in [6.07, 6.45) is 12.9. The van der Waals surface area contributed by atoms with Crippen LogP contribution in [0.5, 0.6) is 0 Å². The van der Waals surface area contributed by atoms with E-state index in [4.69, 9.17) is 4.98 Å². The fourth-order valence-electron chi connectivity index (χ4n) is 6.92. The third kappa shape index (κ3) is 5.75. The van der Waals surface area contributed by atoms with Crippen molar-refractivity contribution in [3.05, 3.63) is 146 Å². The highest BCUT2D eigenvalue weighted by Gasteiger charge is 2.29. The average molecular weight is 629 g/mol. The topological polar surface area (TPSA) is 58.0 Å². The zero-order valence-electron chi connectivity index (χ0n) is 28.4. The number of hydrogen-bond acceptors (Lipinski definition) is 6. The number of pyridine rings is 4. The minimum absolute atomic E-state index is 0.144. The van der Waals surface area contributed by atoms with Crippen LogP contribution in [0.2, 0.25) is 0 Å². The van der Waals surface area contributed by atoms with Crippen molar-refractivity contribution < 1.29 is 0 Å². The Labute approximate surface area is 282 Å². The van der Waals surface area contributed by atoms with Gasteiger partial charge in [0.15, 0.2) is 0 Å². The zero-order chi connectivity index (χ0) is 33.5. The van der Waals surface area contributed by atoms with Crippen LogP contribution >= 0.6 is 0 Å². The molecule has 0 saturated carbocycles. The molecule has 238 valence electrons. The summed E-state index contributed by atoms with van der Waals surface area (Å²) in [6, 6.07) is 32.1. The molecule has 0 aliphatic rings. The zero-order valence-corrected chi connectivity index (χ0v) is 28.4. The Morgan fingerprint density at radius 2 is 0.958 bits per heavy atom. The van der Waals surface area contributed by atoms with Gasteiger partial charge in [-0.15, -0.1) is 0 Å². The Morgan fingerprint density at radius 3 is 1.44 bits per heavy atom. The lowest BCUT2D eigenvalue weighted by atomic mass is 9.74. The number of fused-ring (bicyclic) bond motifs is 2. The van der Waals surface area contributed by atoms with E-state index in [-0.39, 0.29) is 10.8 Å². The summed E-state index contributed by atoms with van der Waals surface area (Å²) in [5.41, 5.74) is 7.51. The van der Waals surface area contributed by atoms with E-state index in [0.717, 1.165) is 34.3 Å². The maximum atomic E-state index is 4.76. The summed E-state index contributed by atoms with van der Waals surface area (Å²) < 4.78 is 0. The normalized spacial score (nSPS) is 12.0. The van der Waals surface area contributed by atoms with Gasteiger partial charge in [-0.3, -0.25) is 19.9 Å². The summed E-state index contributed by atoms with van der Waals surface area (Å²) >= 11 is 0. The van der Waals surface area contributed by atoms with Crippen molar-refractivity contribution in [1.82, 2.24) is 19.9 Å². The lowest BCUT2D eigenvalue weighted by Gasteiger charge is -2.32. The third-order valence-electron chi connectivity index (χ3n) is 8.72. The second-order valence-electron chi connectivity index (χ2n) is 14.2. The first-order valence-electron chi connectivity index (χ1n) is 16.4. The molecule has 0 N–H and O–H groups in total. The van der Waals surface area contributed by atoms with Crippen LogP contribution < -0.4 is 9.80 Å². The van der Waals surface area contributed by atoms with Crippen molar-refractivity contribution in [2.24, 2.45) is 0 Å². The first-order valence-corrected chi connectivity index (χ1v) is 16.4. The van der Waals surface area contributed by atoms with Crippen molar-refractivity contribution in [2.45, 2.75) is 52.4 Å². The van der Waals surface area contributed by atoms with Gasteiger partial charge in [-0.1, -0.05) is 59.7 Å². The van der Waals surface area contributed by atoms with Crippen LogP contribution in [0.4, 0.5) is 34.3 Å². The molecule has 6 nitrogen and oxygen atoms in total. The van der Waals surface area contributed by atoms with Crippen LogP contribution in [-0.2, 0) is 10.8 Å². The lowest BCUT2D eigenvalue weighted by molar-refractivity contribution is 0.593. The third-order valence-corrected chi connectivity index (χ3v) is 8.72. The number of hydrogen-bond donors (Lipinski definition) is 0. The maximum absolute atomic E-state index is 4.76. The summed E-state index contributed by atoms with van der Waals surface area (Å²) in [4.78, 5) is 22.3. The van der Waals surface area contributed by atoms with E-state index in [1.807, 2.05) is 85.8 Å². The molecule has 0 aliphatic carbocycles. The van der Waals surface area contributed by atoms with Crippen LogP contribution in [0, 0.1) is 0 Å². The monoisotopic (exact) mass is 628 g/mol. The highest BCUT2D eigenvalue weighted by Crippen LogP contribution is 2.47. The molecule has 4 aromatic heterocycles. The summed E-state index contributed by atoms with van der Waals surface area (Å²) in [7, 11) is 0. The molecule has 7 aromatic rings. The van der Waals surface area contributed by atoms with Gasteiger partial charge in [0.05, 0.1) is 17.6 Å². The minimum atomic E-state index is -0.145. The van der Waals surface area contributed by atoms with E-state index in [2.05, 4.69) is 115 Å². The van der Waals surface area contributed by atoms with Crippen molar-refractivity contribution in [2.75, 3.05) is 9.80 Å². The highest BCUT2D eigenvalue weighted by molar-refractivity contribution is 6.09. The molecule has 48 heavy (non-hydrogen) atoms. The fraction of sp³-hybridized carbons (Fsp3) is 0.190. The van der Waals surface area contributed by atoms with Gasteiger partial charge in [-0.05, 0) is 116 Å². The molecule has 0 bridgehead atoms. The van der Waals surface area contributed by atoms with Gasteiger partial charge in [0, 0.05) is 54.2 Å². The quantitative estimate of drug-likeness (QED) is 0.171. The van der Waals surface area contributed by atoms with Gasteiger partial charge in [0.1, 0.15) is 5.82 Å². The number of aromatic nitrogens is 4. The van der Waals surface area contributed by atoms with Crippen LogP contribution in [0.25, 0.3) is 21.5 Å². The van der Waals surface area contributed by atoms with E-state index in [0.29, 0.717) is 0 Å². The summed E-state index contributed by atoms with van der Waals surface area (Å²) in [6.45, 7) is 13.9. The fourth-order valence-corrected chi connectivity index (χ4v) is 6.92. The molecule has 0 atom stereocenters. The van der Waals surface area contributed by atoms with Crippen molar-refractivity contribution in [1.29, 1.82) is 0 Å². The average Bonchev–Trinajstić information content (AvgIpc) is 3.08. The lowest BCUT2D eigenvalue weighted by Crippen LogP contribution is -2.19. The van der Waals surface area contributed by atoms with Gasteiger partial charge >= 0.3 is 0 Å². The smallest absolute Gasteiger partial charge is 0.137 e. The Hall–Kier alpha value is -5.62. The van der Waals surface area contributed by atoms with E-state index >= 15 is 0 Å². The molecular formula is C42H40N6. The number of benzene rings is 3. The Balaban J connectivity index is 1.54. The minimum Gasteiger partial charge on any atom is -0.309 e. The molecule has 0 unspecified atom stereocenters. The molecule has 0 spiro atoms. The maximum Gasteiger partial charge on any atom is 0.137 e. The van der Waals surface area contributed by atoms with Gasteiger partial charge in [-0.2, -0.15) is 0 Å². The van der Waals surface area contributed by atoms with Crippen molar-refractivity contribution >= 4 is 55.8 Å². The van der Waals surface area contributed by atoms with Gasteiger partial charge in [0.2, 0.25) is 0 Å². The van der Waals surface area contributed by atoms with Crippen LogP contribution in [-0.4, -0.2) is 19.9 Å². The van der Waals surface area contributed by atoms with E-state index in [1.54, 1.807) is 0 Å². The van der Waals surface area contributed by atoms with Crippen LogP contribution in [0.3, 0.4) is 0 Å². The largest absolute Gasteiger partial charge is 0.309 e. The predicted molar refractivity (Wildman–Crippen MR) is 199 cm³/mol. The molecular weight excluding hydrogens is 589 g/mol. The Morgan fingerprint density at radius 1 is 0.417 bits per heavy atom. The van der Waals surface area contributed by atoms with Crippen LogP contribution in [0.15, 0.2) is 134 Å². The van der Waals surface area contributed by atoms with E-state index in [1.165, 1.54) is 32.7 Å². The van der Waals surface area contributed by atoms with Gasteiger partial charge in [0.25, 0.3) is 0 Å². The summed E-state index contributed by atoms with van der Waals surface area (Å²) in [5, 5.41) is 5.02. The predicted octanol–water partition coefficient (Wildman–Crippen LogP) is 11.1. The second-order valence-corrected chi connectivity index (χ2v) is 14.2. The SMILES string of the molecule is CC(C)(C)c1c2ccc(N(c3ccncc3)c3ccccn3)cc2c(C(C)(C)C)c2ccc(N(c3ccncc3)c3cccnc3)cc12. The van der Waals surface area contributed by atoms with Crippen LogP contribution in [0.1, 0.15) is 52.7 Å². The van der Waals surface area contributed by atoms with E-state index in [9.17, 15) is 0 Å². The molecule has 3 aromatic carbocycles. The molecule has 0 aliphatic heterocycles. The van der Waals surface area contributed by atoms with Crippen molar-refractivity contribution in [3.63, 3.8) is 0 Å². The molecule has 4 heterocycles. The molecule has 0 saturated heterocycles. The molecule has 0 fully saturated rings. The number of nitrogens with zero attached hydrogens (tertiary/aromatic N) is 6. The molecule has 6 heteroatoms. The molecule has 7 rings (SSSR count). The van der Waals surface area contributed by atoms with Gasteiger partial charge in [-0.25, -0.2) is 4.98 Å². The standard InChI is InChI=1S/C42H40N6/c1-41(2,3)39-35-15-13-32(48(30-18-24-44-25-19-30)38-11-7-8-21-46-38)27-37(35)40(42(4,5)6)34-14-12-31(26-36(34)39)47(29-16-22-43-23-17-29)33-10-9-20-45-28-33/h7-28H,1-6H3. The highest BCUT2D eigenvalue weighted by atomic mass is 15.2. The second kappa shape index (κ2) is 12.2. The molecule has 0 amide bonds. The Bertz CT molecular complexity index is 1950. The molecule has 0 radical (unpaired) electrons. The van der Waals surface area contributed by atoms with Gasteiger partial charge < -0.3 is 4.90 Å². The first kappa shape index (κ1) is 31.0. The number of anilines is 6. The Kier molecular flexibility index (Phi) is 7.88. The number of rotatable bonds is 6. The van der Waals surface area contributed by atoms with Crippen molar-refractivity contribution in [3.8, 4) is 0 Å².